The summed E-state index contributed by atoms with van der Waals surface area (Å²) in [6.07, 6.45) is 0. The third kappa shape index (κ3) is 1.92. The first kappa shape index (κ1) is 11.6. The van der Waals surface area contributed by atoms with Gasteiger partial charge in [0.2, 0.25) is 0 Å². The highest BCUT2D eigenvalue weighted by Gasteiger charge is 2.24. The zero-order chi connectivity index (χ0) is 13.2. The predicted octanol–water partition coefficient (Wildman–Crippen LogP) is 3.24. The molecular weight excluding hydrogens is 238 g/mol. The molecule has 0 saturated heterocycles. The molecule has 1 aliphatic rings. The zero-order valence-corrected chi connectivity index (χ0v) is 10.6. The maximum atomic E-state index is 9.53. The topological polar surface area (TPSA) is 42.2 Å². The molecule has 0 aliphatic carbocycles. The van der Waals surface area contributed by atoms with E-state index in [4.69, 9.17) is 9.47 Å². The van der Waals surface area contributed by atoms with E-state index in [0.717, 1.165) is 28.2 Å². The molecule has 1 heterocycles. The number of benzene rings is 2. The summed E-state index contributed by atoms with van der Waals surface area (Å²) in [6.45, 7) is 0.494. The monoisotopic (exact) mass is 251 g/mol. The van der Waals surface area contributed by atoms with E-state index in [9.17, 15) is 5.26 Å². The van der Waals surface area contributed by atoms with Crippen LogP contribution in [0.5, 0.6) is 11.5 Å². The Morgan fingerprint density at radius 3 is 2.84 bits per heavy atom. The molecule has 2 aromatic rings. The summed E-state index contributed by atoms with van der Waals surface area (Å²) >= 11 is 0. The van der Waals surface area contributed by atoms with Gasteiger partial charge in [0.15, 0.2) is 0 Å². The summed E-state index contributed by atoms with van der Waals surface area (Å²) in [6, 6.07) is 15.9. The summed E-state index contributed by atoms with van der Waals surface area (Å²) in [4.78, 5) is 0. The van der Waals surface area contributed by atoms with Crippen molar-refractivity contribution in [1.82, 2.24) is 0 Å². The largest absolute Gasteiger partial charge is 0.497 e. The first-order valence-corrected chi connectivity index (χ1v) is 6.11. The lowest BCUT2D eigenvalue weighted by atomic mass is 9.89. The van der Waals surface area contributed by atoms with Gasteiger partial charge >= 0.3 is 0 Å². The van der Waals surface area contributed by atoms with Crippen molar-refractivity contribution in [1.29, 1.82) is 5.26 Å². The fourth-order valence-corrected chi connectivity index (χ4v) is 2.42. The molecule has 3 heteroatoms. The van der Waals surface area contributed by atoms with Gasteiger partial charge in [-0.05, 0) is 29.3 Å². The molecule has 2 aromatic carbocycles. The van der Waals surface area contributed by atoms with E-state index >= 15 is 0 Å². The zero-order valence-electron chi connectivity index (χ0n) is 10.6. The maximum absolute atomic E-state index is 9.53. The molecule has 94 valence electrons. The van der Waals surface area contributed by atoms with Crippen LogP contribution >= 0.6 is 0 Å². The Morgan fingerprint density at radius 1 is 1.21 bits per heavy atom. The van der Waals surface area contributed by atoms with Crippen LogP contribution in [0.3, 0.4) is 0 Å². The normalized spacial score (nSPS) is 16.3. The van der Waals surface area contributed by atoms with Crippen LogP contribution in [0.2, 0.25) is 0 Å². The number of nitriles is 1. The van der Waals surface area contributed by atoms with Crippen LogP contribution in [0.15, 0.2) is 42.5 Å². The van der Waals surface area contributed by atoms with Gasteiger partial charge in [-0.25, -0.2) is 0 Å². The molecule has 0 fully saturated rings. The van der Waals surface area contributed by atoms with E-state index in [1.54, 1.807) is 7.11 Å². The molecule has 0 amide bonds. The summed E-state index contributed by atoms with van der Waals surface area (Å²) in [5.74, 6) is 1.18. The van der Waals surface area contributed by atoms with Crippen molar-refractivity contribution in [3.63, 3.8) is 0 Å². The Labute approximate surface area is 112 Å². The molecule has 19 heavy (non-hydrogen) atoms. The van der Waals surface area contributed by atoms with Gasteiger partial charge < -0.3 is 9.47 Å². The van der Waals surface area contributed by atoms with Gasteiger partial charge in [-0.1, -0.05) is 24.3 Å². The van der Waals surface area contributed by atoms with Crippen molar-refractivity contribution >= 4 is 0 Å². The standard InChI is InChI=1S/C16H13NO2/c1-18-12-6-7-16-14(8-12)15(9-17)13-5-3-2-4-11(13)10-19-16/h2-8,15H,10H2,1H3. The highest BCUT2D eigenvalue weighted by atomic mass is 16.5. The van der Waals surface area contributed by atoms with Crippen molar-refractivity contribution in [2.45, 2.75) is 12.5 Å². The molecule has 1 unspecified atom stereocenters. The van der Waals surface area contributed by atoms with Gasteiger partial charge in [-0.15, -0.1) is 0 Å². The Bertz CT molecular complexity index is 658. The molecule has 3 nitrogen and oxygen atoms in total. The predicted molar refractivity (Wildman–Crippen MR) is 71.2 cm³/mol. The molecular formula is C16H13NO2. The van der Waals surface area contributed by atoms with Crippen molar-refractivity contribution in [2.75, 3.05) is 7.11 Å². The van der Waals surface area contributed by atoms with E-state index < -0.39 is 0 Å². The van der Waals surface area contributed by atoms with Crippen LogP contribution < -0.4 is 9.47 Å². The molecule has 0 spiro atoms. The molecule has 0 N–H and O–H groups in total. The van der Waals surface area contributed by atoms with Gasteiger partial charge in [-0.2, -0.15) is 5.26 Å². The Hall–Kier alpha value is -2.47. The summed E-state index contributed by atoms with van der Waals surface area (Å²) in [5.41, 5.74) is 2.94. The molecule has 0 saturated carbocycles. The number of ether oxygens (including phenoxy) is 2. The molecule has 1 atom stereocenters. The minimum atomic E-state index is -0.316. The molecule has 0 bridgehead atoms. The van der Waals surface area contributed by atoms with Crippen LogP contribution in [0.1, 0.15) is 22.6 Å². The highest BCUT2D eigenvalue weighted by Crippen LogP contribution is 2.38. The Balaban J connectivity index is 2.20. The first-order chi connectivity index (χ1) is 9.33. The van der Waals surface area contributed by atoms with Crippen LogP contribution in [0.25, 0.3) is 0 Å². The number of fused-ring (bicyclic) bond motifs is 2. The fraction of sp³-hybridized carbons (Fsp3) is 0.188. The third-order valence-corrected chi connectivity index (χ3v) is 3.41. The minimum Gasteiger partial charge on any atom is -0.497 e. The van der Waals surface area contributed by atoms with Crippen LogP contribution in [-0.4, -0.2) is 7.11 Å². The number of methoxy groups -OCH3 is 1. The van der Waals surface area contributed by atoms with Crippen molar-refractivity contribution < 1.29 is 9.47 Å². The Kier molecular flexibility index (Phi) is 2.85. The first-order valence-electron chi connectivity index (χ1n) is 6.11. The van der Waals surface area contributed by atoms with E-state index in [-0.39, 0.29) is 5.92 Å². The molecule has 0 aromatic heterocycles. The number of hydrogen-bond donors (Lipinski definition) is 0. The SMILES string of the molecule is COc1ccc2c(c1)C(C#N)c1ccccc1CO2. The van der Waals surface area contributed by atoms with E-state index in [1.165, 1.54) is 0 Å². The third-order valence-electron chi connectivity index (χ3n) is 3.41. The van der Waals surface area contributed by atoms with Crippen molar-refractivity contribution in [3.8, 4) is 17.6 Å². The second-order valence-electron chi connectivity index (χ2n) is 4.45. The van der Waals surface area contributed by atoms with E-state index in [2.05, 4.69) is 6.07 Å². The molecule has 3 rings (SSSR count). The van der Waals surface area contributed by atoms with Gasteiger partial charge in [0.1, 0.15) is 24.0 Å². The second kappa shape index (κ2) is 4.66. The lowest BCUT2D eigenvalue weighted by molar-refractivity contribution is 0.306. The smallest absolute Gasteiger partial charge is 0.124 e. The van der Waals surface area contributed by atoms with E-state index in [1.807, 2.05) is 42.5 Å². The minimum absolute atomic E-state index is 0.316. The van der Waals surface area contributed by atoms with Gasteiger partial charge in [0, 0.05) is 5.56 Å². The van der Waals surface area contributed by atoms with Gasteiger partial charge in [0.05, 0.1) is 13.2 Å². The number of nitrogens with zero attached hydrogens (tertiary/aromatic N) is 1. The Morgan fingerprint density at radius 2 is 2.05 bits per heavy atom. The van der Waals surface area contributed by atoms with E-state index in [0.29, 0.717) is 6.61 Å². The van der Waals surface area contributed by atoms with Crippen molar-refractivity contribution in [2.24, 2.45) is 0 Å². The molecule has 1 aliphatic heterocycles. The second-order valence-corrected chi connectivity index (χ2v) is 4.45. The fourth-order valence-electron chi connectivity index (χ4n) is 2.42. The van der Waals surface area contributed by atoms with Crippen LogP contribution in [0.4, 0.5) is 0 Å². The average Bonchev–Trinajstić information content (AvgIpc) is 2.62. The summed E-state index contributed by atoms with van der Waals surface area (Å²) < 4.78 is 11.0. The number of hydrogen-bond acceptors (Lipinski definition) is 3. The lowest BCUT2D eigenvalue weighted by Gasteiger charge is -2.12. The van der Waals surface area contributed by atoms with Gasteiger partial charge in [0.25, 0.3) is 0 Å². The molecule has 0 radical (unpaired) electrons. The van der Waals surface area contributed by atoms with Gasteiger partial charge in [-0.3, -0.25) is 0 Å². The van der Waals surface area contributed by atoms with Crippen LogP contribution in [0, 0.1) is 11.3 Å². The average molecular weight is 251 g/mol. The lowest BCUT2D eigenvalue weighted by Crippen LogP contribution is -2.00. The quantitative estimate of drug-likeness (QED) is 0.781. The number of rotatable bonds is 1. The summed E-state index contributed by atoms with van der Waals surface area (Å²) in [7, 11) is 1.62. The maximum Gasteiger partial charge on any atom is 0.124 e. The van der Waals surface area contributed by atoms with Crippen molar-refractivity contribution in [3.05, 3.63) is 59.2 Å². The van der Waals surface area contributed by atoms with Crippen LogP contribution in [-0.2, 0) is 6.61 Å². The summed E-state index contributed by atoms with van der Waals surface area (Å²) in [5, 5.41) is 9.53. The highest BCUT2D eigenvalue weighted by molar-refractivity contribution is 5.52.